The fourth-order valence-corrected chi connectivity index (χ4v) is 3.41. The van der Waals surface area contributed by atoms with Crippen molar-refractivity contribution in [2.75, 3.05) is 40.5 Å². The molecular weight excluding hydrogens is 386 g/mol. The molecule has 1 aliphatic rings. The summed E-state index contributed by atoms with van der Waals surface area (Å²) in [4.78, 5) is 15.1. The number of aliphatic hydroxyl groups is 1. The highest BCUT2D eigenvalue weighted by atomic mass is 16.5. The number of nitrogens with zero attached hydrogens (tertiary/aromatic N) is 1. The van der Waals surface area contributed by atoms with Crippen LogP contribution in [-0.2, 0) is 17.9 Å². The summed E-state index contributed by atoms with van der Waals surface area (Å²) < 4.78 is 15.8. The zero-order valence-electron chi connectivity index (χ0n) is 17.3. The molecule has 0 aliphatic carbocycles. The van der Waals surface area contributed by atoms with Gasteiger partial charge in [0.15, 0.2) is 5.78 Å². The van der Waals surface area contributed by atoms with E-state index in [0.717, 1.165) is 24.4 Å². The molecule has 7 heteroatoms. The molecule has 0 amide bonds. The Bertz CT molecular complexity index is 901. The van der Waals surface area contributed by atoms with E-state index in [9.17, 15) is 15.0 Å². The SMILES string of the molecule is COc1ccc(/C=C/C(=O)c2c(OC)cc(CO)c(CN3CCOCC3)c2O)cc1. The third-order valence-electron chi connectivity index (χ3n) is 5.13. The van der Waals surface area contributed by atoms with Gasteiger partial charge in [-0.2, -0.15) is 0 Å². The summed E-state index contributed by atoms with van der Waals surface area (Å²) in [5.41, 5.74) is 1.97. The van der Waals surface area contributed by atoms with Crippen LogP contribution in [0.4, 0.5) is 0 Å². The Labute approximate surface area is 176 Å². The van der Waals surface area contributed by atoms with Gasteiger partial charge in [0.05, 0.1) is 34.0 Å². The number of phenols is 1. The maximum Gasteiger partial charge on any atom is 0.193 e. The standard InChI is InChI=1S/C23H27NO6/c1-28-18-6-3-16(4-7-18)5-8-20(26)22-21(29-2)13-17(15-25)19(23(22)27)14-24-9-11-30-12-10-24/h3-8,13,25,27H,9-12,14-15H2,1-2H3/b8-5+. The Morgan fingerprint density at radius 3 is 2.47 bits per heavy atom. The first-order chi connectivity index (χ1) is 14.6. The molecule has 2 N–H and O–H groups in total. The van der Waals surface area contributed by atoms with Gasteiger partial charge in [-0.1, -0.05) is 18.2 Å². The molecule has 1 saturated heterocycles. The van der Waals surface area contributed by atoms with E-state index in [0.29, 0.717) is 30.9 Å². The van der Waals surface area contributed by atoms with Crippen molar-refractivity contribution >= 4 is 11.9 Å². The molecule has 7 nitrogen and oxygen atoms in total. The fraction of sp³-hybridized carbons (Fsp3) is 0.348. The van der Waals surface area contributed by atoms with Gasteiger partial charge in [-0.3, -0.25) is 9.69 Å². The number of hydrogen-bond acceptors (Lipinski definition) is 7. The quantitative estimate of drug-likeness (QED) is 0.508. The normalized spacial score (nSPS) is 14.8. The number of benzene rings is 2. The molecule has 2 aromatic carbocycles. The van der Waals surface area contributed by atoms with Crippen LogP contribution in [-0.4, -0.2) is 61.4 Å². The van der Waals surface area contributed by atoms with E-state index >= 15 is 0 Å². The monoisotopic (exact) mass is 413 g/mol. The largest absolute Gasteiger partial charge is 0.507 e. The van der Waals surface area contributed by atoms with E-state index in [-0.39, 0.29) is 29.5 Å². The molecule has 0 atom stereocenters. The lowest BCUT2D eigenvalue weighted by Crippen LogP contribution is -2.36. The molecule has 3 rings (SSSR count). The topological polar surface area (TPSA) is 88.5 Å². The number of ketones is 1. The summed E-state index contributed by atoms with van der Waals surface area (Å²) in [5, 5.41) is 20.8. The number of morpholine rings is 1. The van der Waals surface area contributed by atoms with Crippen molar-refractivity contribution in [3.63, 3.8) is 0 Å². The van der Waals surface area contributed by atoms with E-state index < -0.39 is 0 Å². The lowest BCUT2D eigenvalue weighted by molar-refractivity contribution is 0.0336. The third kappa shape index (κ3) is 4.99. The number of allylic oxidation sites excluding steroid dienone is 1. The number of ether oxygens (including phenoxy) is 3. The van der Waals surface area contributed by atoms with Crippen molar-refractivity contribution in [3.05, 3.63) is 58.7 Å². The predicted molar refractivity (Wildman–Crippen MR) is 113 cm³/mol. The Hall–Kier alpha value is -2.87. The molecular formula is C23H27NO6. The first kappa shape index (κ1) is 21.8. The van der Waals surface area contributed by atoms with E-state index in [2.05, 4.69) is 4.90 Å². The number of rotatable bonds is 8. The van der Waals surface area contributed by atoms with Gasteiger partial charge >= 0.3 is 0 Å². The van der Waals surface area contributed by atoms with Crippen molar-refractivity contribution in [2.45, 2.75) is 13.2 Å². The van der Waals surface area contributed by atoms with Gasteiger partial charge in [-0.25, -0.2) is 0 Å². The summed E-state index contributed by atoms with van der Waals surface area (Å²) in [5.74, 6) is 0.416. The molecule has 0 spiro atoms. The first-order valence-electron chi connectivity index (χ1n) is 9.76. The number of methoxy groups -OCH3 is 2. The molecule has 1 aliphatic heterocycles. The van der Waals surface area contributed by atoms with Crippen LogP contribution in [0.1, 0.15) is 27.0 Å². The van der Waals surface area contributed by atoms with E-state index in [1.807, 2.05) is 12.1 Å². The third-order valence-corrected chi connectivity index (χ3v) is 5.13. The Kier molecular flexibility index (Phi) is 7.46. The van der Waals surface area contributed by atoms with E-state index in [1.54, 1.807) is 31.4 Å². The highest BCUT2D eigenvalue weighted by Gasteiger charge is 2.24. The summed E-state index contributed by atoms with van der Waals surface area (Å²) in [7, 11) is 3.02. The first-order valence-corrected chi connectivity index (χ1v) is 9.76. The molecule has 0 unspecified atom stereocenters. The molecule has 1 fully saturated rings. The Balaban J connectivity index is 1.91. The lowest BCUT2D eigenvalue weighted by atomic mass is 9.97. The molecule has 160 valence electrons. The van der Waals surface area contributed by atoms with Crippen LogP contribution in [0.25, 0.3) is 6.08 Å². The average Bonchev–Trinajstić information content (AvgIpc) is 2.79. The summed E-state index contributed by atoms with van der Waals surface area (Å²) in [6.07, 6.45) is 3.07. The van der Waals surface area contributed by atoms with Crippen LogP contribution in [0.2, 0.25) is 0 Å². The predicted octanol–water partition coefficient (Wildman–Crippen LogP) is 2.63. The van der Waals surface area contributed by atoms with Crippen LogP contribution in [0.5, 0.6) is 17.2 Å². The van der Waals surface area contributed by atoms with Gasteiger partial charge in [-0.15, -0.1) is 0 Å². The number of aromatic hydroxyl groups is 1. The second-order valence-corrected chi connectivity index (χ2v) is 6.96. The van der Waals surface area contributed by atoms with Crippen molar-refractivity contribution in [3.8, 4) is 17.2 Å². The Morgan fingerprint density at radius 1 is 1.17 bits per heavy atom. The maximum atomic E-state index is 12.9. The molecule has 0 radical (unpaired) electrons. The molecule has 0 saturated carbocycles. The molecule has 30 heavy (non-hydrogen) atoms. The van der Waals surface area contributed by atoms with Gasteiger partial charge in [0, 0.05) is 25.2 Å². The lowest BCUT2D eigenvalue weighted by Gasteiger charge is -2.28. The smallest absolute Gasteiger partial charge is 0.193 e. The van der Waals surface area contributed by atoms with E-state index in [4.69, 9.17) is 14.2 Å². The Morgan fingerprint density at radius 2 is 1.87 bits per heavy atom. The summed E-state index contributed by atoms with van der Waals surface area (Å²) in [6, 6.07) is 8.89. The molecule has 0 aromatic heterocycles. The summed E-state index contributed by atoms with van der Waals surface area (Å²) >= 11 is 0. The van der Waals surface area contributed by atoms with Crippen molar-refractivity contribution in [2.24, 2.45) is 0 Å². The van der Waals surface area contributed by atoms with Crippen LogP contribution in [0, 0.1) is 0 Å². The number of aliphatic hydroxyl groups excluding tert-OH is 1. The zero-order chi connectivity index (χ0) is 21.5. The molecule has 2 aromatic rings. The molecule has 0 bridgehead atoms. The molecule has 1 heterocycles. The van der Waals surface area contributed by atoms with E-state index in [1.165, 1.54) is 13.2 Å². The number of hydrogen-bond donors (Lipinski definition) is 2. The number of carbonyl (C=O) groups is 1. The zero-order valence-corrected chi connectivity index (χ0v) is 17.3. The van der Waals surface area contributed by atoms with Gasteiger partial charge < -0.3 is 24.4 Å². The number of carbonyl (C=O) groups excluding carboxylic acids is 1. The fourth-order valence-electron chi connectivity index (χ4n) is 3.41. The van der Waals surface area contributed by atoms with Gasteiger partial charge in [-0.05, 0) is 35.4 Å². The van der Waals surface area contributed by atoms with Crippen LogP contribution < -0.4 is 9.47 Å². The minimum absolute atomic E-state index is 0.0859. The van der Waals surface area contributed by atoms with Crippen molar-refractivity contribution in [1.29, 1.82) is 0 Å². The number of phenolic OH excluding ortho intramolecular Hbond substituents is 1. The van der Waals surface area contributed by atoms with Crippen LogP contribution in [0.3, 0.4) is 0 Å². The summed E-state index contributed by atoms with van der Waals surface area (Å²) in [6.45, 7) is 2.81. The average molecular weight is 413 g/mol. The second kappa shape index (κ2) is 10.2. The maximum absolute atomic E-state index is 12.9. The minimum atomic E-state index is -0.382. The van der Waals surface area contributed by atoms with Gasteiger partial charge in [0.25, 0.3) is 0 Å². The second-order valence-electron chi connectivity index (χ2n) is 6.96. The minimum Gasteiger partial charge on any atom is -0.507 e. The van der Waals surface area contributed by atoms with Crippen molar-refractivity contribution < 1.29 is 29.2 Å². The van der Waals surface area contributed by atoms with Crippen LogP contribution >= 0.6 is 0 Å². The van der Waals surface area contributed by atoms with Gasteiger partial charge in [0.1, 0.15) is 22.8 Å². The van der Waals surface area contributed by atoms with Crippen LogP contribution in [0.15, 0.2) is 36.4 Å². The highest BCUT2D eigenvalue weighted by molar-refractivity contribution is 6.10. The van der Waals surface area contributed by atoms with Crippen molar-refractivity contribution in [1.82, 2.24) is 4.90 Å². The van der Waals surface area contributed by atoms with Gasteiger partial charge in [0.2, 0.25) is 0 Å². The highest BCUT2D eigenvalue weighted by Crippen LogP contribution is 2.36.